The highest BCUT2D eigenvalue weighted by Gasteiger charge is 2.23. The molecule has 0 atom stereocenters. The van der Waals surface area contributed by atoms with Gasteiger partial charge >= 0.3 is 0 Å². The van der Waals surface area contributed by atoms with Crippen LogP contribution in [-0.4, -0.2) is 5.91 Å². The molecule has 1 amide bonds. The molecule has 0 spiro atoms. The zero-order chi connectivity index (χ0) is 8.55. The molecule has 4 heteroatoms. The number of amides is 1. The molecule has 0 bridgehead atoms. The van der Waals surface area contributed by atoms with Gasteiger partial charge in [0.1, 0.15) is 0 Å². The van der Waals surface area contributed by atoms with E-state index in [1.807, 2.05) is 12.1 Å². The van der Waals surface area contributed by atoms with Crippen LogP contribution in [0.4, 0.5) is 10.2 Å². The Morgan fingerprint density at radius 3 is 2.69 bits per heavy atom. The Morgan fingerprint density at radius 2 is 1.92 bits per heavy atom. The standard InChI is InChI=1S/C9H8FNO.ClH/c10-11-8-4-2-1-3-7(8)5-6-9(11)12;/h1-4H,5-6H2;1H. The van der Waals surface area contributed by atoms with E-state index in [0.717, 1.165) is 5.56 Å². The maximum absolute atomic E-state index is 13.1. The van der Waals surface area contributed by atoms with Gasteiger partial charge < -0.3 is 0 Å². The number of halogens is 2. The van der Waals surface area contributed by atoms with E-state index in [2.05, 4.69) is 0 Å². The molecule has 0 unspecified atom stereocenters. The minimum absolute atomic E-state index is 0. The van der Waals surface area contributed by atoms with Crippen molar-refractivity contribution in [2.24, 2.45) is 0 Å². The average Bonchev–Trinajstić information content (AvgIpc) is 2.12. The Hall–Kier alpha value is -1.09. The van der Waals surface area contributed by atoms with Crippen molar-refractivity contribution < 1.29 is 9.28 Å². The van der Waals surface area contributed by atoms with Crippen LogP contribution >= 0.6 is 12.4 Å². The molecule has 2 nitrogen and oxygen atoms in total. The van der Waals surface area contributed by atoms with Crippen LogP contribution in [-0.2, 0) is 11.2 Å². The molecule has 0 radical (unpaired) electrons. The molecule has 1 aromatic carbocycles. The number of carbonyl (C=O) groups excluding carboxylic acids is 1. The van der Waals surface area contributed by atoms with Gasteiger partial charge in [0.25, 0.3) is 5.91 Å². The minimum atomic E-state index is -0.450. The maximum Gasteiger partial charge on any atom is 0.255 e. The number of benzene rings is 1. The number of hydrogen-bond acceptors (Lipinski definition) is 1. The summed E-state index contributed by atoms with van der Waals surface area (Å²) < 4.78 is 13.1. The van der Waals surface area contributed by atoms with Crippen LogP contribution in [0.15, 0.2) is 24.3 Å². The molecule has 0 N–H and O–H groups in total. The summed E-state index contributed by atoms with van der Waals surface area (Å²) >= 11 is 0. The molecule has 1 aliphatic heterocycles. The van der Waals surface area contributed by atoms with Crippen molar-refractivity contribution in [2.75, 3.05) is 5.12 Å². The van der Waals surface area contributed by atoms with E-state index in [1.54, 1.807) is 12.1 Å². The van der Waals surface area contributed by atoms with E-state index in [9.17, 15) is 9.28 Å². The fraction of sp³-hybridized carbons (Fsp3) is 0.222. The Morgan fingerprint density at radius 1 is 1.23 bits per heavy atom. The number of hydrogen-bond donors (Lipinski definition) is 0. The highest BCUT2D eigenvalue weighted by molar-refractivity contribution is 5.94. The summed E-state index contributed by atoms with van der Waals surface area (Å²) in [6.45, 7) is 0. The summed E-state index contributed by atoms with van der Waals surface area (Å²) in [5, 5.41) is 0.235. The second kappa shape index (κ2) is 3.75. The lowest BCUT2D eigenvalue weighted by Gasteiger charge is -2.20. The van der Waals surface area contributed by atoms with Crippen molar-refractivity contribution in [3.63, 3.8) is 0 Å². The third kappa shape index (κ3) is 1.65. The van der Waals surface area contributed by atoms with Crippen molar-refractivity contribution in [3.8, 4) is 0 Å². The number of rotatable bonds is 0. The van der Waals surface area contributed by atoms with Gasteiger partial charge in [0, 0.05) is 6.42 Å². The largest absolute Gasteiger partial charge is 0.272 e. The molecule has 70 valence electrons. The lowest BCUT2D eigenvalue weighted by molar-refractivity contribution is -0.121. The zero-order valence-electron chi connectivity index (χ0n) is 6.87. The summed E-state index contributed by atoms with van der Waals surface area (Å²) in [6, 6.07) is 7.03. The summed E-state index contributed by atoms with van der Waals surface area (Å²) in [6.07, 6.45) is 0.920. The number of fused-ring (bicyclic) bond motifs is 1. The van der Waals surface area contributed by atoms with E-state index in [4.69, 9.17) is 0 Å². The Labute approximate surface area is 81.7 Å². The van der Waals surface area contributed by atoms with Gasteiger partial charge in [-0.3, -0.25) is 4.79 Å². The molecular weight excluding hydrogens is 193 g/mol. The smallest absolute Gasteiger partial charge is 0.255 e. The highest BCUT2D eigenvalue weighted by Crippen LogP contribution is 2.27. The quantitative estimate of drug-likeness (QED) is 0.590. The van der Waals surface area contributed by atoms with Crippen LogP contribution in [0.25, 0.3) is 0 Å². The normalized spacial score (nSPS) is 14.8. The lowest BCUT2D eigenvalue weighted by atomic mass is 10.0. The molecule has 1 aromatic rings. The molecule has 0 saturated heterocycles. The van der Waals surface area contributed by atoms with Crippen LogP contribution in [0, 0.1) is 0 Å². The van der Waals surface area contributed by atoms with E-state index >= 15 is 0 Å². The Kier molecular flexibility index (Phi) is 2.88. The molecule has 0 aromatic heterocycles. The fourth-order valence-electron chi connectivity index (χ4n) is 1.39. The third-order valence-electron chi connectivity index (χ3n) is 2.03. The summed E-state index contributed by atoms with van der Waals surface area (Å²) in [7, 11) is 0. The van der Waals surface area contributed by atoms with Crippen molar-refractivity contribution in [1.29, 1.82) is 0 Å². The van der Waals surface area contributed by atoms with Gasteiger partial charge in [0.15, 0.2) is 0 Å². The van der Waals surface area contributed by atoms with E-state index in [0.29, 0.717) is 12.1 Å². The van der Waals surface area contributed by atoms with Crippen molar-refractivity contribution in [3.05, 3.63) is 29.8 Å². The molecule has 13 heavy (non-hydrogen) atoms. The number of anilines is 1. The van der Waals surface area contributed by atoms with Gasteiger partial charge in [0.05, 0.1) is 5.69 Å². The van der Waals surface area contributed by atoms with Crippen molar-refractivity contribution in [1.82, 2.24) is 0 Å². The second-order valence-corrected chi connectivity index (χ2v) is 2.80. The number of carbonyl (C=O) groups is 1. The first-order chi connectivity index (χ1) is 5.79. The highest BCUT2D eigenvalue weighted by atomic mass is 35.5. The van der Waals surface area contributed by atoms with Gasteiger partial charge in [0.2, 0.25) is 0 Å². The third-order valence-corrected chi connectivity index (χ3v) is 2.03. The van der Waals surface area contributed by atoms with Crippen LogP contribution in [0.1, 0.15) is 12.0 Å². The predicted octanol–water partition coefficient (Wildman–Crippen LogP) is 2.27. The first kappa shape index (κ1) is 9.99. The number of nitrogens with zero attached hydrogens (tertiary/aromatic N) is 1. The van der Waals surface area contributed by atoms with Gasteiger partial charge in [-0.1, -0.05) is 22.7 Å². The molecule has 1 aliphatic rings. The van der Waals surface area contributed by atoms with Gasteiger partial charge in [-0.2, -0.15) is 0 Å². The monoisotopic (exact) mass is 201 g/mol. The summed E-state index contributed by atoms with van der Waals surface area (Å²) in [5.41, 5.74) is 1.30. The fourth-order valence-corrected chi connectivity index (χ4v) is 1.39. The van der Waals surface area contributed by atoms with E-state index in [-0.39, 0.29) is 23.9 Å². The summed E-state index contributed by atoms with van der Waals surface area (Å²) in [5.74, 6) is -0.450. The van der Waals surface area contributed by atoms with Gasteiger partial charge in [-0.05, 0) is 18.1 Å². The molecule has 0 fully saturated rings. The molecule has 1 heterocycles. The minimum Gasteiger partial charge on any atom is -0.272 e. The average molecular weight is 202 g/mol. The SMILES string of the molecule is Cl.O=C1CCc2ccccc2N1F. The van der Waals surface area contributed by atoms with Crippen molar-refractivity contribution >= 4 is 24.0 Å². The number of para-hydroxylation sites is 1. The predicted molar refractivity (Wildman–Crippen MR) is 50.6 cm³/mol. The van der Waals surface area contributed by atoms with Crippen LogP contribution in [0.3, 0.4) is 0 Å². The van der Waals surface area contributed by atoms with Crippen LogP contribution in [0.2, 0.25) is 0 Å². The summed E-state index contributed by atoms with van der Waals surface area (Å²) in [4.78, 5) is 10.9. The lowest BCUT2D eigenvalue weighted by Crippen LogP contribution is -2.27. The second-order valence-electron chi connectivity index (χ2n) is 2.80. The van der Waals surface area contributed by atoms with E-state index < -0.39 is 5.91 Å². The van der Waals surface area contributed by atoms with Gasteiger partial charge in [-0.15, -0.1) is 17.5 Å². The van der Waals surface area contributed by atoms with Crippen LogP contribution in [0.5, 0.6) is 0 Å². The molecule has 0 aliphatic carbocycles. The molecule has 2 rings (SSSR count). The van der Waals surface area contributed by atoms with Crippen LogP contribution < -0.4 is 5.12 Å². The number of aryl methyl sites for hydroxylation is 1. The first-order valence-electron chi connectivity index (χ1n) is 3.85. The first-order valence-corrected chi connectivity index (χ1v) is 3.85. The Balaban J connectivity index is 0.000000845. The van der Waals surface area contributed by atoms with Crippen molar-refractivity contribution in [2.45, 2.75) is 12.8 Å². The van der Waals surface area contributed by atoms with E-state index in [1.165, 1.54) is 0 Å². The zero-order valence-corrected chi connectivity index (χ0v) is 7.68. The van der Waals surface area contributed by atoms with Gasteiger partial charge in [-0.25, -0.2) is 0 Å². The molecular formula is C9H9ClFNO. The Bertz CT molecular complexity index is 329. The topological polar surface area (TPSA) is 20.3 Å². The maximum atomic E-state index is 13.1. The molecule has 0 saturated carbocycles.